The Morgan fingerprint density at radius 1 is 0.879 bits per heavy atom. The standard InChI is InChI=1S/C26H22N4O3/c1-16-25(33-17(2)31)24(26(27)32)30-23(29-16)14-18-8-13-22(28-15-18)21-11-9-20(10-12-21)19-6-4-3-5-7-19/h3-13,15H,14H2,1-2H3,(H2,27,32). The number of primary amides is 1. The van der Waals surface area contributed by atoms with Crippen molar-refractivity contribution < 1.29 is 14.3 Å². The number of pyridine rings is 1. The SMILES string of the molecule is CC(=O)Oc1c(C)nc(Cc2ccc(-c3ccc(-c4ccccc4)cc3)nc2)nc1C(N)=O. The van der Waals surface area contributed by atoms with Crippen LogP contribution in [0.15, 0.2) is 72.9 Å². The lowest BCUT2D eigenvalue weighted by molar-refractivity contribution is -0.132. The van der Waals surface area contributed by atoms with Crippen LogP contribution in [0.2, 0.25) is 0 Å². The second-order valence-electron chi connectivity index (χ2n) is 7.53. The van der Waals surface area contributed by atoms with Crippen LogP contribution in [0, 0.1) is 6.92 Å². The van der Waals surface area contributed by atoms with Gasteiger partial charge in [-0.3, -0.25) is 14.6 Å². The van der Waals surface area contributed by atoms with Crippen molar-refractivity contribution in [2.75, 3.05) is 0 Å². The first kappa shape index (κ1) is 21.8. The molecule has 0 fully saturated rings. The average molecular weight is 438 g/mol. The Hall–Kier alpha value is -4.39. The Bertz CT molecular complexity index is 1300. The smallest absolute Gasteiger partial charge is 0.308 e. The van der Waals surface area contributed by atoms with Gasteiger partial charge in [0.1, 0.15) is 5.82 Å². The highest BCUT2D eigenvalue weighted by Gasteiger charge is 2.19. The van der Waals surface area contributed by atoms with E-state index in [1.54, 1.807) is 13.1 Å². The topological polar surface area (TPSA) is 108 Å². The molecule has 7 nitrogen and oxygen atoms in total. The van der Waals surface area contributed by atoms with E-state index in [4.69, 9.17) is 10.5 Å². The first-order valence-corrected chi connectivity index (χ1v) is 10.4. The number of nitrogens with two attached hydrogens (primary N) is 1. The van der Waals surface area contributed by atoms with Crippen LogP contribution in [0.25, 0.3) is 22.4 Å². The molecule has 0 aliphatic rings. The summed E-state index contributed by atoms with van der Waals surface area (Å²) in [4.78, 5) is 36.3. The van der Waals surface area contributed by atoms with E-state index < -0.39 is 11.9 Å². The van der Waals surface area contributed by atoms with E-state index in [1.165, 1.54) is 6.92 Å². The van der Waals surface area contributed by atoms with Crippen LogP contribution >= 0.6 is 0 Å². The summed E-state index contributed by atoms with van der Waals surface area (Å²) < 4.78 is 5.07. The molecular weight excluding hydrogens is 416 g/mol. The number of hydrogen-bond donors (Lipinski definition) is 1. The lowest BCUT2D eigenvalue weighted by atomic mass is 10.0. The summed E-state index contributed by atoms with van der Waals surface area (Å²) in [5, 5.41) is 0. The Balaban J connectivity index is 1.53. The van der Waals surface area contributed by atoms with Crippen LogP contribution < -0.4 is 10.5 Å². The Morgan fingerprint density at radius 2 is 1.55 bits per heavy atom. The third-order valence-corrected chi connectivity index (χ3v) is 5.04. The number of rotatable bonds is 6. The number of esters is 1. The molecule has 164 valence electrons. The van der Waals surface area contributed by atoms with Gasteiger partial charge in [-0.1, -0.05) is 60.7 Å². The van der Waals surface area contributed by atoms with E-state index in [0.717, 1.165) is 27.9 Å². The van der Waals surface area contributed by atoms with Crippen molar-refractivity contribution in [2.24, 2.45) is 5.73 Å². The van der Waals surface area contributed by atoms with Gasteiger partial charge < -0.3 is 10.5 Å². The van der Waals surface area contributed by atoms with E-state index in [0.29, 0.717) is 17.9 Å². The second-order valence-corrected chi connectivity index (χ2v) is 7.53. The zero-order valence-electron chi connectivity index (χ0n) is 18.3. The van der Waals surface area contributed by atoms with E-state index in [1.807, 2.05) is 42.5 Å². The molecule has 0 saturated carbocycles. The Kier molecular flexibility index (Phi) is 6.22. The van der Waals surface area contributed by atoms with Crippen LogP contribution in [0.1, 0.15) is 34.5 Å². The van der Waals surface area contributed by atoms with Gasteiger partial charge in [-0.15, -0.1) is 0 Å². The summed E-state index contributed by atoms with van der Waals surface area (Å²) in [7, 11) is 0. The fourth-order valence-corrected chi connectivity index (χ4v) is 3.48. The maximum atomic E-state index is 11.8. The fourth-order valence-electron chi connectivity index (χ4n) is 3.48. The van der Waals surface area contributed by atoms with Gasteiger partial charge in [0.05, 0.1) is 11.4 Å². The first-order valence-electron chi connectivity index (χ1n) is 10.4. The predicted octanol–water partition coefficient (Wildman–Crippen LogP) is 4.13. The van der Waals surface area contributed by atoms with Crippen molar-refractivity contribution in [1.82, 2.24) is 15.0 Å². The maximum absolute atomic E-state index is 11.8. The summed E-state index contributed by atoms with van der Waals surface area (Å²) >= 11 is 0. The van der Waals surface area contributed by atoms with Gasteiger partial charge in [0, 0.05) is 25.1 Å². The third-order valence-electron chi connectivity index (χ3n) is 5.04. The molecule has 4 aromatic rings. The zero-order chi connectivity index (χ0) is 23.4. The highest BCUT2D eigenvalue weighted by Crippen LogP contribution is 2.25. The second kappa shape index (κ2) is 9.40. The Labute approximate surface area is 191 Å². The summed E-state index contributed by atoms with van der Waals surface area (Å²) in [6.07, 6.45) is 2.10. The lowest BCUT2D eigenvalue weighted by Crippen LogP contribution is -2.19. The predicted molar refractivity (Wildman–Crippen MR) is 125 cm³/mol. The number of amides is 1. The number of carbonyl (C=O) groups is 2. The summed E-state index contributed by atoms with van der Waals surface area (Å²) in [6.45, 7) is 2.87. The minimum atomic E-state index is -0.787. The molecule has 2 heterocycles. The monoisotopic (exact) mass is 438 g/mol. The van der Waals surface area contributed by atoms with Crippen molar-refractivity contribution >= 4 is 11.9 Å². The van der Waals surface area contributed by atoms with Crippen LogP contribution in [0.3, 0.4) is 0 Å². The molecule has 33 heavy (non-hydrogen) atoms. The highest BCUT2D eigenvalue weighted by molar-refractivity contribution is 5.94. The van der Waals surface area contributed by atoms with Crippen molar-refractivity contribution in [3.8, 4) is 28.1 Å². The molecule has 0 unspecified atom stereocenters. The number of ether oxygens (including phenoxy) is 1. The van der Waals surface area contributed by atoms with Gasteiger partial charge in [-0.2, -0.15) is 0 Å². The van der Waals surface area contributed by atoms with Crippen LogP contribution in [0.5, 0.6) is 5.75 Å². The van der Waals surface area contributed by atoms with Gasteiger partial charge in [0.2, 0.25) is 0 Å². The van der Waals surface area contributed by atoms with Gasteiger partial charge >= 0.3 is 5.97 Å². The summed E-state index contributed by atoms with van der Waals surface area (Å²) in [5.41, 5.74) is 10.7. The van der Waals surface area contributed by atoms with E-state index >= 15 is 0 Å². The summed E-state index contributed by atoms with van der Waals surface area (Å²) in [5.74, 6) is -0.982. The molecule has 4 rings (SSSR count). The largest absolute Gasteiger partial charge is 0.422 e. The van der Waals surface area contributed by atoms with Crippen molar-refractivity contribution in [3.05, 3.63) is 95.7 Å². The Morgan fingerprint density at radius 3 is 2.15 bits per heavy atom. The van der Waals surface area contributed by atoms with E-state index in [2.05, 4.69) is 39.2 Å². The minimum absolute atomic E-state index is 0.00817. The third kappa shape index (κ3) is 5.10. The molecule has 0 bridgehead atoms. The molecule has 2 aromatic carbocycles. The number of nitrogens with zero attached hydrogens (tertiary/aromatic N) is 3. The highest BCUT2D eigenvalue weighted by atomic mass is 16.5. The van der Waals surface area contributed by atoms with Crippen LogP contribution in [0.4, 0.5) is 0 Å². The molecule has 0 radical (unpaired) electrons. The molecule has 0 aliphatic carbocycles. The number of benzene rings is 2. The molecule has 0 spiro atoms. The van der Waals surface area contributed by atoms with Gasteiger partial charge in [0.15, 0.2) is 11.4 Å². The number of aromatic nitrogens is 3. The van der Waals surface area contributed by atoms with Gasteiger partial charge in [-0.05, 0) is 29.7 Å². The van der Waals surface area contributed by atoms with E-state index in [9.17, 15) is 9.59 Å². The summed E-state index contributed by atoms with van der Waals surface area (Å²) in [6, 6.07) is 22.3. The van der Waals surface area contributed by atoms with E-state index in [-0.39, 0.29) is 11.4 Å². The number of hydrogen-bond acceptors (Lipinski definition) is 6. The normalized spacial score (nSPS) is 10.6. The zero-order valence-corrected chi connectivity index (χ0v) is 18.3. The lowest BCUT2D eigenvalue weighted by Gasteiger charge is -2.11. The number of aryl methyl sites for hydroxylation is 1. The maximum Gasteiger partial charge on any atom is 0.308 e. The van der Waals surface area contributed by atoms with Crippen molar-refractivity contribution in [1.29, 1.82) is 0 Å². The van der Waals surface area contributed by atoms with Crippen molar-refractivity contribution in [2.45, 2.75) is 20.3 Å². The van der Waals surface area contributed by atoms with Gasteiger partial charge in [-0.25, -0.2) is 9.97 Å². The number of carbonyl (C=O) groups excluding carboxylic acids is 2. The fraction of sp³-hybridized carbons (Fsp3) is 0.115. The molecule has 0 aliphatic heterocycles. The first-order chi connectivity index (χ1) is 15.9. The van der Waals surface area contributed by atoms with Crippen LogP contribution in [-0.4, -0.2) is 26.8 Å². The molecule has 2 N–H and O–H groups in total. The molecule has 2 aromatic heterocycles. The molecule has 0 saturated heterocycles. The quantitative estimate of drug-likeness (QED) is 0.454. The molecule has 0 atom stereocenters. The molecule has 7 heteroatoms. The molecule has 1 amide bonds. The average Bonchev–Trinajstić information content (AvgIpc) is 2.81. The molecular formula is C26H22N4O3. The van der Waals surface area contributed by atoms with Gasteiger partial charge in [0.25, 0.3) is 5.91 Å². The minimum Gasteiger partial charge on any atom is -0.422 e. The van der Waals surface area contributed by atoms with Crippen LogP contribution in [-0.2, 0) is 11.2 Å². The van der Waals surface area contributed by atoms with Crippen molar-refractivity contribution in [3.63, 3.8) is 0 Å².